The molecule has 0 aliphatic carbocycles. The van der Waals surface area contributed by atoms with Crippen molar-refractivity contribution in [2.75, 3.05) is 6.54 Å². The predicted molar refractivity (Wildman–Crippen MR) is 65.4 cm³/mol. The number of nitrogens with one attached hydrogen (secondary N) is 1. The Labute approximate surface area is 110 Å². The molecular formula is C11H18N4O4. The van der Waals surface area contributed by atoms with Crippen molar-refractivity contribution < 1.29 is 19.2 Å². The van der Waals surface area contributed by atoms with Crippen LogP contribution in [-0.2, 0) is 11.3 Å². The van der Waals surface area contributed by atoms with E-state index in [4.69, 9.17) is 9.63 Å². The third kappa shape index (κ3) is 3.43. The monoisotopic (exact) mass is 270 g/mol. The number of carboxylic acids is 1. The Morgan fingerprint density at radius 3 is 2.53 bits per heavy atom. The zero-order chi connectivity index (χ0) is 14.6. The van der Waals surface area contributed by atoms with E-state index < -0.39 is 17.5 Å². The van der Waals surface area contributed by atoms with Crippen LogP contribution in [0, 0.1) is 6.92 Å². The van der Waals surface area contributed by atoms with Gasteiger partial charge in [-0.15, -0.1) is 0 Å². The zero-order valence-corrected chi connectivity index (χ0v) is 11.4. The molecular weight excluding hydrogens is 252 g/mol. The smallest absolute Gasteiger partial charge is 0.329 e. The maximum Gasteiger partial charge on any atom is 0.329 e. The van der Waals surface area contributed by atoms with Gasteiger partial charge >= 0.3 is 12.0 Å². The summed E-state index contributed by atoms with van der Waals surface area (Å²) in [6.45, 7) is 6.65. The number of aliphatic carboxylic acids is 1. The molecule has 0 aliphatic rings. The van der Waals surface area contributed by atoms with E-state index in [-0.39, 0.29) is 13.1 Å². The largest absolute Gasteiger partial charge is 0.480 e. The molecule has 2 N–H and O–H groups in total. The van der Waals surface area contributed by atoms with Crippen molar-refractivity contribution >= 4 is 12.0 Å². The van der Waals surface area contributed by atoms with Crippen LogP contribution in [0.25, 0.3) is 0 Å². The van der Waals surface area contributed by atoms with E-state index in [1.165, 1.54) is 18.7 Å². The highest BCUT2D eigenvalue weighted by molar-refractivity contribution is 5.85. The summed E-state index contributed by atoms with van der Waals surface area (Å²) in [5.74, 6) is -0.322. The van der Waals surface area contributed by atoms with Crippen LogP contribution in [0.3, 0.4) is 0 Å². The van der Waals surface area contributed by atoms with E-state index in [2.05, 4.69) is 15.5 Å². The molecule has 0 fully saturated rings. The van der Waals surface area contributed by atoms with Gasteiger partial charge in [0.05, 0.1) is 6.54 Å². The molecule has 0 aliphatic heterocycles. The van der Waals surface area contributed by atoms with E-state index in [9.17, 15) is 9.59 Å². The van der Waals surface area contributed by atoms with Crippen molar-refractivity contribution in [3.05, 3.63) is 11.7 Å². The molecule has 1 heterocycles. The van der Waals surface area contributed by atoms with Crippen LogP contribution in [-0.4, -0.2) is 44.2 Å². The molecule has 8 heteroatoms. The first-order chi connectivity index (χ1) is 8.78. The number of hydrogen-bond acceptors (Lipinski definition) is 5. The van der Waals surface area contributed by atoms with Crippen LogP contribution in [0.1, 0.15) is 32.5 Å². The van der Waals surface area contributed by atoms with Gasteiger partial charge in [0.2, 0.25) is 5.89 Å². The fraction of sp³-hybridized carbons (Fsp3) is 0.636. The average Bonchev–Trinajstić information content (AvgIpc) is 2.73. The van der Waals surface area contributed by atoms with Crippen molar-refractivity contribution in [3.63, 3.8) is 0 Å². The van der Waals surface area contributed by atoms with Crippen LogP contribution in [0.4, 0.5) is 4.79 Å². The molecule has 0 bridgehead atoms. The van der Waals surface area contributed by atoms with Gasteiger partial charge in [0.15, 0.2) is 5.82 Å². The first-order valence-electron chi connectivity index (χ1n) is 5.87. The maximum atomic E-state index is 12.0. The summed E-state index contributed by atoms with van der Waals surface area (Å²) >= 11 is 0. The number of carbonyl (C=O) groups excluding carboxylic acids is 1. The lowest BCUT2D eigenvalue weighted by molar-refractivity contribution is -0.147. The highest BCUT2D eigenvalue weighted by atomic mass is 16.5. The van der Waals surface area contributed by atoms with E-state index in [1.807, 2.05) is 0 Å². The van der Waals surface area contributed by atoms with Crippen LogP contribution in [0.15, 0.2) is 4.52 Å². The van der Waals surface area contributed by atoms with Gasteiger partial charge in [-0.1, -0.05) is 5.16 Å². The number of hydrogen-bond donors (Lipinski definition) is 2. The second-order valence-electron chi connectivity index (χ2n) is 4.50. The van der Waals surface area contributed by atoms with Gasteiger partial charge in [-0.2, -0.15) is 4.98 Å². The maximum absolute atomic E-state index is 12.0. The van der Waals surface area contributed by atoms with Gasteiger partial charge in [-0.3, -0.25) is 0 Å². The number of amides is 2. The van der Waals surface area contributed by atoms with Crippen LogP contribution in [0.2, 0.25) is 0 Å². The number of carboxylic acid groups (broad SMARTS) is 1. The Kier molecular flexibility index (Phi) is 4.47. The first kappa shape index (κ1) is 14.9. The molecule has 1 rings (SSSR count). The highest BCUT2D eigenvalue weighted by Gasteiger charge is 2.36. The standard InChI is InChI=1S/C11H18N4O4/c1-5-15(11(3,4)9(16)17)10(18)12-6-8-13-7(2)19-14-8/h5-6H2,1-4H3,(H,12,18)(H,16,17). The van der Waals surface area contributed by atoms with E-state index in [1.54, 1.807) is 13.8 Å². The van der Waals surface area contributed by atoms with E-state index in [0.717, 1.165) is 0 Å². The second kappa shape index (κ2) is 5.68. The third-order valence-corrected chi connectivity index (χ3v) is 2.73. The summed E-state index contributed by atoms with van der Waals surface area (Å²) < 4.78 is 4.77. The van der Waals surface area contributed by atoms with Gasteiger partial charge in [-0.05, 0) is 20.8 Å². The molecule has 0 aromatic carbocycles. The predicted octanol–water partition coefficient (Wildman–Crippen LogP) is 0.773. The van der Waals surface area contributed by atoms with Crippen LogP contribution < -0.4 is 5.32 Å². The van der Waals surface area contributed by atoms with Crippen molar-refractivity contribution in [1.82, 2.24) is 20.4 Å². The third-order valence-electron chi connectivity index (χ3n) is 2.73. The molecule has 1 aromatic rings. The number of urea groups is 1. The van der Waals surface area contributed by atoms with Gasteiger partial charge in [0.25, 0.3) is 0 Å². The van der Waals surface area contributed by atoms with Crippen molar-refractivity contribution in [2.24, 2.45) is 0 Å². The molecule has 0 radical (unpaired) electrons. The second-order valence-corrected chi connectivity index (χ2v) is 4.50. The average molecular weight is 270 g/mol. The van der Waals surface area contributed by atoms with Crippen molar-refractivity contribution in [1.29, 1.82) is 0 Å². The fourth-order valence-corrected chi connectivity index (χ4v) is 1.57. The summed E-state index contributed by atoms with van der Waals surface area (Å²) in [5, 5.41) is 15.3. The SMILES string of the molecule is CCN(C(=O)NCc1noc(C)n1)C(C)(C)C(=O)O. The van der Waals surface area contributed by atoms with E-state index >= 15 is 0 Å². The molecule has 8 nitrogen and oxygen atoms in total. The zero-order valence-electron chi connectivity index (χ0n) is 11.4. The summed E-state index contributed by atoms with van der Waals surface area (Å²) in [5.41, 5.74) is -1.29. The van der Waals surface area contributed by atoms with E-state index in [0.29, 0.717) is 11.7 Å². The molecule has 106 valence electrons. The summed E-state index contributed by atoms with van der Waals surface area (Å²) in [6.07, 6.45) is 0. The lowest BCUT2D eigenvalue weighted by atomic mass is 10.0. The summed E-state index contributed by atoms with van der Waals surface area (Å²) in [4.78, 5) is 28.3. The number of rotatable bonds is 5. The number of nitrogens with zero attached hydrogens (tertiary/aromatic N) is 3. The van der Waals surface area contributed by atoms with Gasteiger partial charge < -0.3 is 19.8 Å². The van der Waals surface area contributed by atoms with Crippen LogP contribution >= 0.6 is 0 Å². The molecule has 2 amide bonds. The topological polar surface area (TPSA) is 109 Å². The minimum atomic E-state index is -1.29. The Hall–Kier alpha value is -2.12. The molecule has 0 atom stereocenters. The summed E-state index contributed by atoms with van der Waals surface area (Å²) in [7, 11) is 0. The highest BCUT2D eigenvalue weighted by Crippen LogP contribution is 2.14. The van der Waals surface area contributed by atoms with Crippen LogP contribution in [0.5, 0.6) is 0 Å². The molecule has 0 saturated carbocycles. The number of carbonyl (C=O) groups is 2. The van der Waals surface area contributed by atoms with Crippen molar-refractivity contribution in [3.8, 4) is 0 Å². The number of aromatic nitrogens is 2. The minimum Gasteiger partial charge on any atom is -0.480 e. The molecule has 1 aromatic heterocycles. The Morgan fingerprint density at radius 1 is 1.47 bits per heavy atom. The number of likely N-dealkylation sites (N-methyl/N-ethyl adjacent to an activating group) is 1. The lowest BCUT2D eigenvalue weighted by Gasteiger charge is -2.33. The Morgan fingerprint density at radius 2 is 2.11 bits per heavy atom. The Balaban J connectivity index is 2.67. The normalized spacial score (nSPS) is 11.2. The Bertz CT molecular complexity index is 469. The lowest BCUT2D eigenvalue weighted by Crippen LogP contribution is -2.55. The fourth-order valence-electron chi connectivity index (χ4n) is 1.57. The molecule has 0 spiro atoms. The minimum absolute atomic E-state index is 0.0857. The van der Waals surface area contributed by atoms with Gasteiger partial charge in [-0.25, -0.2) is 9.59 Å². The molecule has 0 saturated heterocycles. The van der Waals surface area contributed by atoms with Gasteiger partial charge in [0, 0.05) is 13.5 Å². The quantitative estimate of drug-likeness (QED) is 0.818. The molecule has 0 unspecified atom stereocenters. The first-order valence-corrected chi connectivity index (χ1v) is 5.87. The van der Waals surface area contributed by atoms with Gasteiger partial charge in [0.1, 0.15) is 5.54 Å². The summed E-state index contributed by atoms with van der Waals surface area (Å²) in [6, 6.07) is -0.489. The number of aryl methyl sites for hydroxylation is 1. The molecule has 19 heavy (non-hydrogen) atoms. The van der Waals surface area contributed by atoms with Crippen molar-refractivity contribution in [2.45, 2.75) is 39.8 Å².